The molecule has 57 heavy (non-hydrogen) atoms. The zero-order chi connectivity index (χ0) is 39.7. The van der Waals surface area contributed by atoms with E-state index in [0.29, 0.717) is 16.9 Å². The lowest BCUT2D eigenvalue weighted by Crippen LogP contribution is -2.42. The molecule has 0 aromatic heterocycles. The van der Waals surface area contributed by atoms with E-state index in [2.05, 4.69) is 55.3 Å². The summed E-state index contributed by atoms with van der Waals surface area (Å²) in [4.78, 5) is 42.4. The molecule has 1 saturated carbocycles. The minimum Gasteiger partial charge on any atom is -0.445 e. The first-order valence-corrected chi connectivity index (χ1v) is 20.2. The Balaban J connectivity index is 0.931. The van der Waals surface area contributed by atoms with Crippen molar-refractivity contribution in [1.82, 2.24) is 15.1 Å². The van der Waals surface area contributed by atoms with Crippen molar-refractivity contribution in [2.75, 3.05) is 13.1 Å². The van der Waals surface area contributed by atoms with Gasteiger partial charge in [-0.05, 0) is 69.5 Å². The monoisotopic (exact) mass is 771 g/mol. The summed E-state index contributed by atoms with van der Waals surface area (Å²) in [6, 6.07) is 32.9. The number of hydrogen-bond donors (Lipinski definition) is 2. The Morgan fingerprint density at radius 3 is 2.33 bits per heavy atom. The highest BCUT2D eigenvalue weighted by atomic mass is 16.7. The maximum atomic E-state index is 13.2. The van der Waals surface area contributed by atoms with E-state index in [9.17, 15) is 19.5 Å². The first-order valence-electron chi connectivity index (χ1n) is 20.2. The number of imide groups is 1. The van der Waals surface area contributed by atoms with Crippen LogP contribution in [0.15, 0.2) is 103 Å². The largest absolute Gasteiger partial charge is 0.445 e. The molecule has 2 N–H and O–H groups in total. The van der Waals surface area contributed by atoms with Crippen molar-refractivity contribution in [3.05, 3.63) is 131 Å². The first kappa shape index (κ1) is 39.0. The molecular weight excluding hydrogens is 719 g/mol. The maximum absolute atomic E-state index is 13.2. The van der Waals surface area contributed by atoms with E-state index in [-0.39, 0.29) is 44.3 Å². The van der Waals surface area contributed by atoms with Crippen molar-refractivity contribution in [1.29, 1.82) is 0 Å². The van der Waals surface area contributed by atoms with E-state index in [1.165, 1.54) is 24.2 Å². The van der Waals surface area contributed by atoms with Crippen LogP contribution in [0.5, 0.6) is 0 Å². The summed E-state index contributed by atoms with van der Waals surface area (Å²) in [5.74, 6) is -0.798. The van der Waals surface area contributed by atoms with Crippen molar-refractivity contribution in [3.63, 3.8) is 0 Å². The lowest BCUT2D eigenvalue weighted by molar-refractivity contribution is -0.253. The maximum Gasteiger partial charge on any atom is 0.408 e. The summed E-state index contributed by atoms with van der Waals surface area (Å²) in [7, 11) is 0. The van der Waals surface area contributed by atoms with E-state index in [0.717, 1.165) is 58.5 Å². The highest BCUT2D eigenvalue weighted by Gasteiger charge is 2.50. The summed E-state index contributed by atoms with van der Waals surface area (Å²) in [6.07, 6.45) is 2.88. The van der Waals surface area contributed by atoms with Crippen molar-refractivity contribution >= 4 is 17.9 Å². The molecule has 0 spiro atoms. The van der Waals surface area contributed by atoms with Gasteiger partial charge in [0.05, 0.1) is 31.8 Å². The molecule has 0 radical (unpaired) electrons. The Labute approximate surface area is 335 Å². The van der Waals surface area contributed by atoms with E-state index in [1.807, 2.05) is 78.9 Å². The van der Waals surface area contributed by atoms with Gasteiger partial charge >= 0.3 is 6.09 Å². The molecule has 10 nitrogen and oxygen atoms in total. The molecule has 10 heteroatoms. The van der Waals surface area contributed by atoms with Gasteiger partial charge in [-0.15, -0.1) is 0 Å². The second-order valence-corrected chi connectivity index (χ2v) is 17.6. The molecule has 2 bridgehead atoms. The zero-order valence-electron chi connectivity index (χ0n) is 33.1. The van der Waals surface area contributed by atoms with Gasteiger partial charge in [0.2, 0.25) is 5.91 Å². The average Bonchev–Trinajstić information content (AvgIpc) is 3.60. The van der Waals surface area contributed by atoms with Gasteiger partial charge in [0.25, 0.3) is 5.91 Å². The second kappa shape index (κ2) is 16.2. The lowest BCUT2D eigenvalue weighted by atomic mass is 9.65. The molecule has 1 aliphatic carbocycles. The Morgan fingerprint density at radius 1 is 0.842 bits per heavy atom. The highest BCUT2D eigenvalue weighted by Crippen LogP contribution is 2.53. The first-order chi connectivity index (χ1) is 27.4. The minimum atomic E-state index is -0.967. The van der Waals surface area contributed by atoms with Crippen molar-refractivity contribution in [2.45, 2.75) is 103 Å². The molecule has 4 aromatic rings. The summed E-state index contributed by atoms with van der Waals surface area (Å²) < 4.78 is 18.7. The Kier molecular flexibility index (Phi) is 11.1. The van der Waals surface area contributed by atoms with Gasteiger partial charge in [-0.2, -0.15) is 0 Å². The van der Waals surface area contributed by atoms with Gasteiger partial charge in [-0.3, -0.25) is 19.4 Å². The molecule has 4 fully saturated rings. The van der Waals surface area contributed by atoms with Crippen LogP contribution in [0.25, 0.3) is 11.1 Å². The van der Waals surface area contributed by atoms with Crippen LogP contribution in [0.1, 0.15) is 93.1 Å². The Hall–Kier alpha value is -4.87. The number of rotatable bonds is 11. The van der Waals surface area contributed by atoms with E-state index in [4.69, 9.17) is 14.2 Å². The number of fused-ring (bicyclic) bond motifs is 2. The van der Waals surface area contributed by atoms with Crippen LogP contribution in [0, 0.1) is 10.8 Å². The number of likely N-dealkylation sites (tertiary alicyclic amines) is 2. The molecule has 3 amide bonds. The van der Waals surface area contributed by atoms with E-state index < -0.39 is 24.3 Å². The minimum absolute atomic E-state index is 0.00124. The van der Waals surface area contributed by atoms with Crippen molar-refractivity contribution in [3.8, 4) is 11.1 Å². The number of nitrogens with zero attached hydrogens (tertiary/aromatic N) is 2. The van der Waals surface area contributed by atoms with Crippen LogP contribution >= 0.6 is 0 Å². The van der Waals surface area contributed by atoms with Gasteiger partial charge in [0.15, 0.2) is 6.29 Å². The van der Waals surface area contributed by atoms with Crippen LogP contribution < -0.4 is 5.32 Å². The summed E-state index contributed by atoms with van der Waals surface area (Å²) >= 11 is 0. The molecule has 8 rings (SSSR count). The number of ether oxygens (including phenoxy) is 3. The van der Waals surface area contributed by atoms with Crippen LogP contribution in [0.2, 0.25) is 0 Å². The number of benzene rings is 4. The van der Waals surface area contributed by atoms with Crippen molar-refractivity contribution in [2.24, 2.45) is 10.8 Å². The van der Waals surface area contributed by atoms with Gasteiger partial charge in [-0.1, -0.05) is 118 Å². The molecule has 3 aliphatic heterocycles. The lowest BCUT2D eigenvalue weighted by Gasteiger charge is -2.41. The number of hydrogen-bond acceptors (Lipinski definition) is 8. The van der Waals surface area contributed by atoms with Crippen molar-refractivity contribution < 1.29 is 33.7 Å². The molecule has 3 heterocycles. The normalized spacial score (nSPS) is 27.1. The highest BCUT2D eigenvalue weighted by molar-refractivity contribution is 6.06. The molecule has 3 saturated heterocycles. The molecule has 3 unspecified atom stereocenters. The smallest absolute Gasteiger partial charge is 0.408 e. The molecular formula is C47H53N3O7. The standard InChI is InChI=1S/C47H53N3O7/c1-46(2)23-38-24-47(3,29-46)30-49(38)26-39-21-41(35-14-12-31(27-51)13-15-35)57-44(56-39)36-18-16-34(17-19-36)37-11-7-10-33(20-37)25-50-42(52)22-40(43(50)53)48-45(54)55-28-32-8-5-4-6-9-32/h4-20,38-41,44,51H,21-30H2,1-3H3,(H,48,54)/t38?,39-,40?,41+,44+,47?/m0/s1. The fraction of sp³-hybridized carbons (Fsp3) is 0.426. The third kappa shape index (κ3) is 9.00. The zero-order valence-corrected chi connectivity index (χ0v) is 33.1. The summed E-state index contributed by atoms with van der Waals surface area (Å²) in [5.41, 5.74) is 7.09. The predicted octanol–water partition coefficient (Wildman–Crippen LogP) is 7.85. The quantitative estimate of drug-likeness (QED) is 0.148. The van der Waals surface area contributed by atoms with E-state index >= 15 is 0 Å². The Bertz CT molecular complexity index is 2070. The number of amides is 3. The number of alkyl carbamates (subject to hydrolysis) is 1. The number of nitrogens with one attached hydrogen (secondary N) is 1. The van der Waals surface area contributed by atoms with E-state index in [1.54, 1.807) is 0 Å². The number of carbonyl (C=O) groups is 3. The van der Waals surface area contributed by atoms with Crippen LogP contribution in [0.4, 0.5) is 4.79 Å². The fourth-order valence-corrected chi connectivity index (χ4v) is 9.82. The van der Waals surface area contributed by atoms with Crippen LogP contribution in [-0.2, 0) is 43.6 Å². The third-order valence-electron chi connectivity index (χ3n) is 12.1. The van der Waals surface area contributed by atoms with Crippen LogP contribution in [0.3, 0.4) is 0 Å². The van der Waals surface area contributed by atoms with Gasteiger partial charge < -0.3 is 24.6 Å². The van der Waals surface area contributed by atoms with Gasteiger partial charge in [0.1, 0.15) is 12.6 Å². The van der Waals surface area contributed by atoms with Gasteiger partial charge in [-0.25, -0.2) is 4.79 Å². The number of aliphatic hydroxyl groups is 1. The number of aliphatic hydroxyl groups excluding tert-OH is 1. The molecule has 298 valence electrons. The topological polar surface area (TPSA) is 118 Å². The summed E-state index contributed by atoms with van der Waals surface area (Å²) in [5, 5.41) is 12.2. The van der Waals surface area contributed by atoms with Crippen LogP contribution in [-0.4, -0.2) is 64.1 Å². The average molecular weight is 772 g/mol. The fourth-order valence-electron chi connectivity index (χ4n) is 9.82. The molecule has 4 aliphatic rings. The van der Waals surface area contributed by atoms with Gasteiger partial charge in [0, 0.05) is 31.1 Å². The Morgan fingerprint density at radius 2 is 1.58 bits per heavy atom. The summed E-state index contributed by atoms with van der Waals surface area (Å²) in [6.45, 7) is 9.39. The number of carbonyl (C=O) groups excluding carboxylic acids is 3. The third-order valence-corrected chi connectivity index (χ3v) is 12.1. The second-order valence-electron chi connectivity index (χ2n) is 17.6. The SMILES string of the molecule is CC1(C)CC2CC(C)(CN2C[C@@H]2C[C@H](c3ccc(CO)cc3)O[C@H](c3ccc(-c4cccc(CN5C(=O)CC(NC(=O)OCc6ccccc6)C5=O)c4)cc3)O2)C1. The predicted molar refractivity (Wildman–Crippen MR) is 215 cm³/mol. The molecule has 6 atom stereocenters. The molecule has 4 aromatic carbocycles.